The Kier molecular flexibility index (Phi) is 3.04. The third-order valence-corrected chi connectivity index (χ3v) is 2.99. The standard InChI is InChI=1S/C14H11F3N4/c15-14(16,17)8-21-11-6-2-1-4-9(11)20-13(21)10-5-3-7-12(18)19-10/h1-7H,8H2,(H2,18,19). The van der Waals surface area contributed by atoms with E-state index in [9.17, 15) is 13.2 Å². The molecule has 1 aromatic carbocycles. The number of alkyl halides is 3. The highest BCUT2D eigenvalue weighted by Crippen LogP contribution is 2.28. The first-order valence-corrected chi connectivity index (χ1v) is 6.19. The number of para-hydroxylation sites is 2. The Morgan fingerprint density at radius 3 is 2.48 bits per heavy atom. The van der Waals surface area contributed by atoms with Crippen molar-refractivity contribution in [2.45, 2.75) is 12.7 Å². The molecular weight excluding hydrogens is 281 g/mol. The van der Waals surface area contributed by atoms with Crippen molar-refractivity contribution in [2.24, 2.45) is 0 Å². The number of rotatable bonds is 2. The quantitative estimate of drug-likeness (QED) is 0.789. The second-order valence-corrected chi connectivity index (χ2v) is 4.57. The number of nitrogens with zero attached hydrogens (tertiary/aromatic N) is 3. The third kappa shape index (κ3) is 2.67. The summed E-state index contributed by atoms with van der Waals surface area (Å²) < 4.78 is 39.6. The average molecular weight is 292 g/mol. The number of nitrogen functional groups attached to an aromatic ring is 1. The van der Waals surface area contributed by atoms with Gasteiger partial charge < -0.3 is 10.3 Å². The van der Waals surface area contributed by atoms with E-state index < -0.39 is 12.7 Å². The fourth-order valence-corrected chi connectivity index (χ4v) is 2.19. The summed E-state index contributed by atoms with van der Waals surface area (Å²) in [5.74, 6) is 0.388. The molecule has 0 aliphatic heterocycles. The maximum Gasteiger partial charge on any atom is 0.406 e. The van der Waals surface area contributed by atoms with Crippen LogP contribution in [0.3, 0.4) is 0 Å². The molecule has 0 bridgehead atoms. The maximum absolute atomic E-state index is 12.8. The topological polar surface area (TPSA) is 56.7 Å². The molecule has 0 unspecified atom stereocenters. The van der Waals surface area contributed by atoms with Gasteiger partial charge in [0.15, 0.2) is 5.82 Å². The van der Waals surface area contributed by atoms with E-state index >= 15 is 0 Å². The molecule has 108 valence electrons. The van der Waals surface area contributed by atoms with Crippen molar-refractivity contribution in [3.05, 3.63) is 42.5 Å². The van der Waals surface area contributed by atoms with Crippen molar-refractivity contribution in [3.8, 4) is 11.5 Å². The van der Waals surface area contributed by atoms with Crippen molar-refractivity contribution in [1.29, 1.82) is 0 Å². The van der Waals surface area contributed by atoms with Crippen LogP contribution in [0.1, 0.15) is 0 Å². The van der Waals surface area contributed by atoms with Crippen LogP contribution in [-0.2, 0) is 6.54 Å². The van der Waals surface area contributed by atoms with Gasteiger partial charge >= 0.3 is 6.18 Å². The number of anilines is 1. The van der Waals surface area contributed by atoms with Crippen LogP contribution in [0.2, 0.25) is 0 Å². The van der Waals surface area contributed by atoms with Crippen molar-refractivity contribution in [3.63, 3.8) is 0 Å². The number of aromatic nitrogens is 3. The minimum Gasteiger partial charge on any atom is -0.384 e. The Bertz CT molecular complexity index is 792. The summed E-state index contributed by atoms with van der Waals surface area (Å²) in [4.78, 5) is 8.31. The van der Waals surface area contributed by atoms with E-state index in [1.54, 1.807) is 42.5 Å². The highest BCUT2D eigenvalue weighted by atomic mass is 19.4. The normalized spacial score (nSPS) is 12.0. The highest BCUT2D eigenvalue weighted by molar-refractivity contribution is 5.80. The minimum absolute atomic E-state index is 0.154. The van der Waals surface area contributed by atoms with Crippen LogP contribution < -0.4 is 5.73 Å². The van der Waals surface area contributed by atoms with Gasteiger partial charge in [-0.3, -0.25) is 0 Å². The number of fused-ring (bicyclic) bond motifs is 1. The molecule has 0 radical (unpaired) electrons. The summed E-state index contributed by atoms with van der Waals surface area (Å²) in [5, 5.41) is 0. The Hall–Kier alpha value is -2.57. The van der Waals surface area contributed by atoms with Crippen molar-refractivity contribution >= 4 is 16.9 Å². The number of hydrogen-bond acceptors (Lipinski definition) is 3. The molecule has 0 saturated heterocycles. The molecule has 0 fully saturated rings. The monoisotopic (exact) mass is 292 g/mol. The molecule has 2 heterocycles. The Labute approximate surface area is 118 Å². The van der Waals surface area contributed by atoms with Crippen LogP contribution in [0.5, 0.6) is 0 Å². The molecule has 4 nitrogen and oxygen atoms in total. The largest absolute Gasteiger partial charge is 0.406 e. The molecule has 0 amide bonds. The first-order valence-electron chi connectivity index (χ1n) is 6.19. The predicted molar refractivity (Wildman–Crippen MR) is 73.4 cm³/mol. The minimum atomic E-state index is -4.35. The van der Waals surface area contributed by atoms with Gasteiger partial charge in [0, 0.05) is 0 Å². The molecule has 2 N–H and O–H groups in total. The molecule has 2 aromatic heterocycles. The fraction of sp³-hybridized carbons (Fsp3) is 0.143. The van der Waals surface area contributed by atoms with Gasteiger partial charge in [-0.15, -0.1) is 0 Å². The average Bonchev–Trinajstić information content (AvgIpc) is 2.76. The SMILES string of the molecule is Nc1cccc(-c2nc3ccccc3n2CC(F)(F)F)n1. The van der Waals surface area contributed by atoms with Gasteiger partial charge in [0.2, 0.25) is 0 Å². The van der Waals surface area contributed by atoms with E-state index in [4.69, 9.17) is 5.73 Å². The molecule has 0 spiro atoms. The Balaban J connectivity index is 2.24. The lowest BCUT2D eigenvalue weighted by Gasteiger charge is -2.11. The van der Waals surface area contributed by atoms with E-state index in [1.165, 1.54) is 0 Å². The number of benzene rings is 1. The molecular formula is C14H11F3N4. The number of halogens is 3. The van der Waals surface area contributed by atoms with Gasteiger partial charge in [-0.05, 0) is 24.3 Å². The fourth-order valence-electron chi connectivity index (χ4n) is 2.19. The first-order chi connectivity index (χ1) is 9.94. The van der Waals surface area contributed by atoms with E-state index in [0.29, 0.717) is 16.7 Å². The second kappa shape index (κ2) is 4.76. The number of nitrogens with two attached hydrogens (primary N) is 1. The van der Waals surface area contributed by atoms with Crippen LogP contribution in [0.25, 0.3) is 22.6 Å². The highest BCUT2D eigenvalue weighted by Gasteiger charge is 2.30. The lowest BCUT2D eigenvalue weighted by molar-refractivity contribution is -0.139. The van der Waals surface area contributed by atoms with Gasteiger partial charge in [-0.1, -0.05) is 18.2 Å². The summed E-state index contributed by atoms with van der Waals surface area (Å²) in [6, 6.07) is 11.5. The lowest BCUT2D eigenvalue weighted by atomic mass is 10.3. The van der Waals surface area contributed by atoms with Crippen molar-refractivity contribution in [1.82, 2.24) is 14.5 Å². The molecule has 0 aliphatic carbocycles. The summed E-state index contributed by atoms with van der Waals surface area (Å²) in [6.07, 6.45) is -4.35. The van der Waals surface area contributed by atoms with E-state index in [-0.39, 0.29) is 11.6 Å². The molecule has 0 aliphatic rings. The number of imidazole rings is 1. The second-order valence-electron chi connectivity index (χ2n) is 4.57. The van der Waals surface area contributed by atoms with Gasteiger partial charge in [-0.25, -0.2) is 9.97 Å². The van der Waals surface area contributed by atoms with Crippen LogP contribution in [0, 0.1) is 0 Å². The van der Waals surface area contributed by atoms with Crippen LogP contribution in [0.15, 0.2) is 42.5 Å². The number of hydrogen-bond donors (Lipinski definition) is 1. The molecule has 21 heavy (non-hydrogen) atoms. The summed E-state index contributed by atoms with van der Waals surface area (Å²) >= 11 is 0. The summed E-state index contributed by atoms with van der Waals surface area (Å²) in [5.41, 5.74) is 6.81. The smallest absolute Gasteiger partial charge is 0.384 e. The van der Waals surface area contributed by atoms with Crippen molar-refractivity contribution in [2.75, 3.05) is 5.73 Å². The molecule has 0 saturated carbocycles. The van der Waals surface area contributed by atoms with Crippen LogP contribution in [-0.4, -0.2) is 20.7 Å². The van der Waals surface area contributed by atoms with Gasteiger partial charge in [-0.2, -0.15) is 13.2 Å². The van der Waals surface area contributed by atoms with E-state index in [0.717, 1.165) is 4.57 Å². The predicted octanol–water partition coefficient (Wildman–Crippen LogP) is 3.24. The zero-order chi connectivity index (χ0) is 15.0. The first kappa shape index (κ1) is 13.4. The lowest BCUT2D eigenvalue weighted by Crippen LogP contribution is -2.18. The van der Waals surface area contributed by atoms with Crippen LogP contribution >= 0.6 is 0 Å². The van der Waals surface area contributed by atoms with Gasteiger partial charge in [0.25, 0.3) is 0 Å². The number of pyridine rings is 1. The Morgan fingerprint density at radius 1 is 1.00 bits per heavy atom. The van der Waals surface area contributed by atoms with Gasteiger partial charge in [0.1, 0.15) is 18.1 Å². The third-order valence-electron chi connectivity index (χ3n) is 2.99. The molecule has 3 aromatic rings. The van der Waals surface area contributed by atoms with Crippen LogP contribution in [0.4, 0.5) is 19.0 Å². The molecule has 3 rings (SSSR count). The van der Waals surface area contributed by atoms with Gasteiger partial charge in [0.05, 0.1) is 11.0 Å². The zero-order valence-electron chi connectivity index (χ0n) is 10.8. The van der Waals surface area contributed by atoms with Crippen molar-refractivity contribution < 1.29 is 13.2 Å². The molecule has 0 atom stereocenters. The van der Waals surface area contributed by atoms with E-state index in [2.05, 4.69) is 9.97 Å². The summed E-state index contributed by atoms with van der Waals surface area (Å²) in [6.45, 7) is -1.13. The molecule has 7 heteroatoms. The summed E-state index contributed by atoms with van der Waals surface area (Å²) in [7, 11) is 0. The maximum atomic E-state index is 12.8. The zero-order valence-corrected chi connectivity index (χ0v) is 10.8. The van der Waals surface area contributed by atoms with E-state index in [1.807, 2.05) is 0 Å². The Morgan fingerprint density at radius 2 is 1.76 bits per heavy atom.